The van der Waals surface area contributed by atoms with Crippen molar-refractivity contribution in [1.82, 2.24) is 10.2 Å². The van der Waals surface area contributed by atoms with E-state index in [1.165, 1.54) is 11.8 Å². The monoisotopic (exact) mass is 409 g/mol. The molecular formula is C22H23N3O3S. The van der Waals surface area contributed by atoms with Crippen molar-refractivity contribution in [3.05, 3.63) is 60.2 Å². The van der Waals surface area contributed by atoms with Gasteiger partial charge in [-0.3, -0.25) is 14.4 Å². The molecule has 0 spiro atoms. The van der Waals surface area contributed by atoms with Crippen LogP contribution in [0.5, 0.6) is 0 Å². The summed E-state index contributed by atoms with van der Waals surface area (Å²) in [4.78, 5) is 40.7. The minimum atomic E-state index is -0.809. The highest BCUT2D eigenvalue weighted by Gasteiger charge is 2.38. The van der Waals surface area contributed by atoms with Crippen molar-refractivity contribution in [2.45, 2.75) is 29.5 Å². The van der Waals surface area contributed by atoms with Crippen LogP contribution in [0.25, 0.3) is 0 Å². The zero-order valence-corrected chi connectivity index (χ0v) is 16.8. The van der Waals surface area contributed by atoms with Crippen LogP contribution in [0.2, 0.25) is 0 Å². The first kappa shape index (κ1) is 19.5. The van der Waals surface area contributed by atoms with Crippen molar-refractivity contribution in [1.29, 1.82) is 0 Å². The smallest absolute Gasteiger partial charge is 0.247 e. The molecule has 0 aromatic heterocycles. The standard InChI is InChI=1S/C22H23N3O3S/c26-20(23-13-15-7-2-1-3-8-15)16-9-6-12-25(14-16)22(28)19-21(27)24-17-10-4-5-11-18(17)29-19/h1-5,7-8,10-11,16,19H,6,9,12-14H2,(H,23,26)(H,24,27). The molecule has 0 saturated carbocycles. The fourth-order valence-electron chi connectivity index (χ4n) is 3.70. The normalized spacial score (nSPS) is 21.1. The second-order valence-electron chi connectivity index (χ2n) is 7.31. The van der Waals surface area contributed by atoms with Gasteiger partial charge < -0.3 is 15.5 Å². The Kier molecular flexibility index (Phi) is 5.85. The fourth-order valence-corrected chi connectivity index (χ4v) is 4.77. The third kappa shape index (κ3) is 4.45. The van der Waals surface area contributed by atoms with Gasteiger partial charge in [0.25, 0.3) is 0 Å². The molecule has 0 bridgehead atoms. The average molecular weight is 410 g/mol. The van der Waals surface area contributed by atoms with Gasteiger partial charge in [-0.2, -0.15) is 0 Å². The molecule has 6 nitrogen and oxygen atoms in total. The van der Waals surface area contributed by atoms with Crippen LogP contribution in [0.1, 0.15) is 18.4 Å². The van der Waals surface area contributed by atoms with Gasteiger partial charge in [-0.25, -0.2) is 0 Å². The van der Waals surface area contributed by atoms with Crippen LogP contribution in [0.15, 0.2) is 59.5 Å². The third-order valence-electron chi connectivity index (χ3n) is 5.27. The SMILES string of the molecule is O=C(NCc1ccccc1)C1CCCN(C(=O)C2Sc3ccccc3NC2=O)C1. The first-order valence-corrected chi connectivity index (χ1v) is 10.7. The van der Waals surface area contributed by atoms with Crippen molar-refractivity contribution < 1.29 is 14.4 Å². The van der Waals surface area contributed by atoms with Crippen molar-refractivity contribution in [2.24, 2.45) is 5.92 Å². The lowest BCUT2D eigenvalue weighted by atomic mass is 9.96. The molecule has 2 heterocycles. The van der Waals surface area contributed by atoms with E-state index in [2.05, 4.69) is 10.6 Å². The maximum Gasteiger partial charge on any atom is 0.247 e. The molecule has 2 N–H and O–H groups in total. The number of piperidine rings is 1. The van der Waals surface area contributed by atoms with Crippen molar-refractivity contribution in [2.75, 3.05) is 18.4 Å². The van der Waals surface area contributed by atoms with Crippen LogP contribution in [0.3, 0.4) is 0 Å². The minimum Gasteiger partial charge on any atom is -0.352 e. The maximum atomic E-state index is 13.0. The number of carbonyl (C=O) groups excluding carboxylic acids is 3. The number of nitrogens with zero attached hydrogens (tertiary/aromatic N) is 1. The van der Waals surface area contributed by atoms with Gasteiger partial charge in [0, 0.05) is 24.5 Å². The Bertz CT molecular complexity index is 919. The Balaban J connectivity index is 1.37. The highest BCUT2D eigenvalue weighted by atomic mass is 32.2. The van der Waals surface area contributed by atoms with Gasteiger partial charge in [0.05, 0.1) is 11.6 Å². The van der Waals surface area contributed by atoms with Crippen LogP contribution in [0.4, 0.5) is 5.69 Å². The summed E-state index contributed by atoms with van der Waals surface area (Å²) in [6.45, 7) is 1.40. The maximum absolute atomic E-state index is 13.0. The van der Waals surface area contributed by atoms with Crippen LogP contribution in [0, 0.1) is 5.92 Å². The molecule has 150 valence electrons. The third-order valence-corrected chi connectivity index (χ3v) is 6.53. The van der Waals surface area contributed by atoms with E-state index >= 15 is 0 Å². The van der Waals surface area contributed by atoms with Crippen LogP contribution < -0.4 is 10.6 Å². The Labute approximate surface area is 174 Å². The molecule has 0 aliphatic carbocycles. The number of nitrogens with one attached hydrogen (secondary N) is 2. The number of anilines is 1. The molecule has 1 saturated heterocycles. The van der Waals surface area contributed by atoms with E-state index in [0.717, 1.165) is 29.0 Å². The van der Waals surface area contributed by atoms with E-state index in [9.17, 15) is 14.4 Å². The summed E-state index contributed by atoms with van der Waals surface area (Å²) in [7, 11) is 0. The number of carbonyl (C=O) groups is 3. The van der Waals surface area contributed by atoms with E-state index in [1.807, 2.05) is 54.6 Å². The number of hydrogen-bond acceptors (Lipinski definition) is 4. The molecule has 3 amide bonds. The number of benzene rings is 2. The molecule has 2 aromatic rings. The molecule has 4 rings (SSSR count). The average Bonchev–Trinajstić information content (AvgIpc) is 2.77. The lowest BCUT2D eigenvalue weighted by Crippen LogP contribution is -2.50. The number of para-hydroxylation sites is 1. The number of thioether (sulfide) groups is 1. The molecule has 1 fully saturated rings. The van der Waals surface area contributed by atoms with Crippen molar-refractivity contribution in [3.8, 4) is 0 Å². The molecular weight excluding hydrogens is 386 g/mol. The molecule has 2 aliphatic heterocycles. The summed E-state index contributed by atoms with van der Waals surface area (Å²) in [5, 5.41) is 4.97. The van der Waals surface area contributed by atoms with Crippen molar-refractivity contribution in [3.63, 3.8) is 0 Å². The summed E-state index contributed by atoms with van der Waals surface area (Å²) >= 11 is 1.28. The zero-order chi connectivity index (χ0) is 20.2. The number of likely N-dealkylation sites (tertiary alicyclic amines) is 1. The Morgan fingerprint density at radius 2 is 1.86 bits per heavy atom. The molecule has 29 heavy (non-hydrogen) atoms. The highest BCUT2D eigenvalue weighted by molar-refractivity contribution is 8.01. The summed E-state index contributed by atoms with van der Waals surface area (Å²) in [6, 6.07) is 17.2. The lowest BCUT2D eigenvalue weighted by molar-refractivity contribution is -0.137. The van der Waals surface area contributed by atoms with Gasteiger partial charge in [-0.15, -0.1) is 11.8 Å². The van der Waals surface area contributed by atoms with E-state index in [1.54, 1.807) is 4.90 Å². The molecule has 0 radical (unpaired) electrons. The van der Waals surface area contributed by atoms with Crippen LogP contribution in [-0.4, -0.2) is 41.0 Å². The molecule has 2 atom stereocenters. The molecule has 2 unspecified atom stereocenters. The summed E-state index contributed by atoms with van der Waals surface area (Å²) in [5.74, 6) is -0.810. The predicted molar refractivity (Wildman–Crippen MR) is 112 cm³/mol. The van der Waals surface area contributed by atoms with Gasteiger partial charge in [-0.1, -0.05) is 42.5 Å². The summed E-state index contributed by atoms with van der Waals surface area (Å²) in [5.41, 5.74) is 1.78. The van der Waals surface area contributed by atoms with Gasteiger partial charge in [0.15, 0.2) is 5.25 Å². The highest BCUT2D eigenvalue weighted by Crippen LogP contribution is 2.36. The zero-order valence-electron chi connectivity index (χ0n) is 16.0. The van der Waals surface area contributed by atoms with E-state index in [0.29, 0.717) is 19.6 Å². The summed E-state index contributed by atoms with van der Waals surface area (Å²) in [6.07, 6.45) is 1.50. The quantitative estimate of drug-likeness (QED) is 0.761. The Morgan fingerprint density at radius 1 is 1.10 bits per heavy atom. The number of hydrogen-bond donors (Lipinski definition) is 2. The van der Waals surface area contributed by atoms with Gasteiger partial charge in [0.1, 0.15) is 0 Å². The topological polar surface area (TPSA) is 78.5 Å². The minimum absolute atomic E-state index is 0.0440. The first-order chi connectivity index (χ1) is 14.1. The molecule has 2 aromatic carbocycles. The lowest BCUT2D eigenvalue weighted by Gasteiger charge is -2.35. The van der Waals surface area contributed by atoms with Crippen LogP contribution >= 0.6 is 11.8 Å². The first-order valence-electron chi connectivity index (χ1n) is 9.79. The predicted octanol–water partition coefficient (Wildman–Crippen LogP) is 2.65. The number of amides is 3. The fraction of sp³-hybridized carbons (Fsp3) is 0.318. The van der Waals surface area contributed by atoms with E-state index in [-0.39, 0.29) is 23.6 Å². The molecule has 2 aliphatic rings. The summed E-state index contributed by atoms with van der Waals surface area (Å²) < 4.78 is 0. The van der Waals surface area contributed by atoms with E-state index < -0.39 is 5.25 Å². The second kappa shape index (κ2) is 8.69. The number of fused-ring (bicyclic) bond motifs is 1. The van der Waals surface area contributed by atoms with E-state index in [4.69, 9.17) is 0 Å². The van der Waals surface area contributed by atoms with Crippen LogP contribution in [-0.2, 0) is 20.9 Å². The number of rotatable bonds is 4. The van der Waals surface area contributed by atoms with Gasteiger partial charge >= 0.3 is 0 Å². The van der Waals surface area contributed by atoms with Gasteiger partial charge in [0.2, 0.25) is 17.7 Å². The largest absolute Gasteiger partial charge is 0.352 e. The van der Waals surface area contributed by atoms with Gasteiger partial charge in [-0.05, 0) is 30.5 Å². The van der Waals surface area contributed by atoms with Crippen molar-refractivity contribution >= 4 is 35.2 Å². The second-order valence-corrected chi connectivity index (χ2v) is 8.46. The Hall–Kier alpha value is -2.80. The molecule has 7 heteroatoms. The Morgan fingerprint density at radius 3 is 2.69 bits per heavy atom.